The molecular formula is C17H16N6O2S. The molecule has 0 bridgehead atoms. The highest BCUT2D eigenvalue weighted by molar-refractivity contribution is 7.91. The Balaban J connectivity index is 1.65. The largest absolute Gasteiger partial charge is 0.616 e. The van der Waals surface area contributed by atoms with E-state index in [0.29, 0.717) is 41.5 Å². The number of nitrogens with one attached hydrogen (secondary N) is 1. The van der Waals surface area contributed by atoms with Crippen molar-refractivity contribution in [1.82, 2.24) is 29.1 Å². The minimum Gasteiger partial charge on any atom is -0.616 e. The van der Waals surface area contributed by atoms with E-state index in [4.69, 9.17) is 0 Å². The van der Waals surface area contributed by atoms with Gasteiger partial charge < -0.3 is 9.54 Å². The molecule has 1 aromatic carbocycles. The second-order valence-corrected chi connectivity index (χ2v) is 8.09. The first kappa shape index (κ1) is 15.6. The van der Waals surface area contributed by atoms with Gasteiger partial charge in [0.1, 0.15) is 23.3 Å². The maximum atomic E-state index is 12.5. The Morgan fingerprint density at radius 1 is 1.19 bits per heavy atom. The molecule has 8 nitrogen and oxygen atoms in total. The third kappa shape index (κ3) is 2.43. The zero-order valence-corrected chi connectivity index (χ0v) is 14.6. The van der Waals surface area contributed by atoms with Gasteiger partial charge in [-0.05, 0) is 12.1 Å². The number of rotatable bonds is 2. The third-order valence-corrected chi connectivity index (χ3v) is 6.22. The van der Waals surface area contributed by atoms with Crippen LogP contribution in [0.4, 0.5) is 0 Å². The number of aromatic amines is 1. The van der Waals surface area contributed by atoms with Crippen molar-refractivity contribution in [2.75, 3.05) is 11.5 Å². The molecule has 1 fully saturated rings. The monoisotopic (exact) mass is 368 g/mol. The lowest BCUT2D eigenvalue weighted by atomic mass is 10.1. The van der Waals surface area contributed by atoms with Crippen molar-refractivity contribution in [3.05, 3.63) is 47.3 Å². The molecule has 1 aliphatic rings. The van der Waals surface area contributed by atoms with Crippen LogP contribution in [0.25, 0.3) is 28.1 Å². The van der Waals surface area contributed by atoms with E-state index in [1.807, 2.05) is 28.8 Å². The average molecular weight is 368 g/mol. The van der Waals surface area contributed by atoms with Gasteiger partial charge in [0.15, 0.2) is 5.65 Å². The topological polar surface area (TPSA) is 104 Å². The van der Waals surface area contributed by atoms with Crippen molar-refractivity contribution in [3.8, 4) is 5.95 Å². The second kappa shape index (κ2) is 5.96. The fourth-order valence-electron chi connectivity index (χ4n) is 3.52. The van der Waals surface area contributed by atoms with Crippen molar-refractivity contribution >= 4 is 33.4 Å². The summed E-state index contributed by atoms with van der Waals surface area (Å²) in [6.45, 7) is 0. The SMILES string of the molecule is O=c1[nH]c2cnc(-n3cnc4ccccc43)nc2n1C1CC[S+]([O-])CC1. The van der Waals surface area contributed by atoms with E-state index in [2.05, 4.69) is 19.9 Å². The summed E-state index contributed by atoms with van der Waals surface area (Å²) in [5.74, 6) is 1.71. The van der Waals surface area contributed by atoms with Crippen LogP contribution in [0, 0.1) is 0 Å². The van der Waals surface area contributed by atoms with Gasteiger partial charge in [-0.2, -0.15) is 4.98 Å². The molecule has 0 saturated carbocycles. The molecule has 1 N–H and O–H groups in total. The van der Waals surface area contributed by atoms with E-state index in [9.17, 15) is 9.35 Å². The number of nitrogens with zero attached hydrogens (tertiary/aromatic N) is 5. The number of imidazole rings is 2. The van der Waals surface area contributed by atoms with E-state index in [0.717, 1.165) is 11.0 Å². The Bertz CT molecular complexity index is 1150. The minimum absolute atomic E-state index is 0.0104. The lowest BCUT2D eigenvalue weighted by molar-refractivity contribution is 0.447. The smallest absolute Gasteiger partial charge is 0.327 e. The Morgan fingerprint density at radius 3 is 2.85 bits per heavy atom. The van der Waals surface area contributed by atoms with E-state index < -0.39 is 11.2 Å². The van der Waals surface area contributed by atoms with E-state index in [1.165, 1.54) is 0 Å². The summed E-state index contributed by atoms with van der Waals surface area (Å²) < 4.78 is 15.1. The highest BCUT2D eigenvalue weighted by Gasteiger charge is 2.26. The Morgan fingerprint density at radius 2 is 2.00 bits per heavy atom. The van der Waals surface area contributed by atoms with Crippen molar-refractivity contribution < 1.29 is 4.55 Å². The predicted molar refractivity (Wildman–Crippen MR) is 98.9 cm³/mol. The van der Waals surface area contributed by atoms with Crippen molar-refractivity contribution in [1.29, 1.82) is 0 Å². The maximum Gasteiger partial charge on any atom is 0.327 e. The molecule has 0 atom stereocenters. The van der Waals surface area contributed by atoms with Crippen molar-refractivity contribution in [2.24, 2.45) is 0 Å². The summed E-state index contributed by atoms with van der Waals surface area (Å²) in [5.41, 5.74) is 2.76. The van der Waals surface area contributed by atoms with E-state index in [1.54, 1.807) is 17.1 Å². The number of benzene rings is 1. The first-order chi connectivity index (χ1) is 12.7. The van der Waals surface area contributed by atoms with Gasteiger partial charge in [-0.25, -0.2) is 14.8 Å². The molecule has 26 heavy (non-hydrogen) atoms. The molecule has 4 heterocycles. The standard InChI is InChI=1S/C17H16N6O2S/c24-17-20-13-9-18-16(22-10-19-12-3-1-2-4-14(12)22)21-15(13)23(17)11-5-7-26(25)8-6-11/h1-4,9-11H,5-8H2,(H,20,24). The molecule has 9 heteroatoms. The Hall–Kier alpha value is -2.65. The summed E-state index contributed by atoms with van der Waals surface area (Å²) in [7, 11) is 0. The summed E-state index contributed by atoms with van der Waals surface area (Å²) in [5, 5.41) is 0. The van der Waals surface area contributed by atoms with Crippen LogP contribution < -0.4 is 5.69 Å². The van der Waals surface area contributed by atoms with Gasteiger partial charge in [0.25, 0.3) is 0 Å². The van der Waals surface area contributed by atoms with Gasteiger partial charge >= 0.3 is 5.69 Å². The first-order valence-electron chi connectivity index (χ1n) is 8.45. The Labute approximate surface area is 151 Å². The number of fused-ring (bicyclic) bond motifs is 2. The molecule has 4 aromatic rings. The van der Waals surface area contributed by atoms with Gasteiger partial charge in [-0.3, -0.25) is 9.13 Å². The predicted octanol–water partition coefficient (Wildman–Crippen LogP) is 1.54. The summed E-state index contributed by atoms with van der Waals surface area (Å²) in [6.07, 6.45) is 4.75. The normalized spacial score (nSPS) is 20.8. The van der Waals surface area contributed by atoms with Gasteiger partial charge in [-0.15, -0.1) is 0 Å². The number of H-pyrrole nitrogens is 1. The van der Waals surface area contributed by atoms with Gasteiger partial charge in [0, 0.05) is 18.9 Å². The lowest BCUT2D eigenvalue weighted by Gasteiger charge is -2.24. The van der Waals surface area contributed by atoms with Crippen LogP contribution in [0.3, 0.4) is 0 Å². The second-order valence-electron chi connectivity index (χ2n) is 6.39. The first-order valence-corrected chi connectivity index (χ1v) is 9.94. The minimum atomic E-state index is -0.778. The quantitative estimate of drug-likeness (QED) is 0.541. The van der Waals surface area contributed by atoms with Crippen LogP contribution in [0.15, 0.2) is 41.6 Å². The molecule has 0 unspecified atom stereocenters. The average Bonchev–Trinajstić information content (AvgIpc) is 3.22. The molecule has 0 radical (unpaired) electrons. The number of para-hydroxylation sites is 2. The number of hydrogen-bond donors (Lipinski definition) is 1. The molecule has 1 aliphatic heterocycles. The molecule has 3 aromatic heterocycles. The zero-order valence-electron chi connectivity index (χ0n) is 13.8. The highest BCUT2D eigenvalue weighted by atomic mass is 32.2. The summed E-state index contributed by atoms with van der Waals surface area (Å²) >= 11 is -0.778. The molecule has 1 saturated heterocycles. The van der Waals surface area contributed by atoms with Gasteiger partial charge in [0.2, 0.25) is 5.95 Å². The van der Waals surface area contributed by atoms with E-state index in [-0.39, 0.29) is 11.7 Å². The molecule has 5 rings (SSSR count). The van der Waals surface area contributed by atoms with Crippen molar-refractivity contribution in [3.63, 3.8) is 0 Å². The van der Waals surface area contributed by atoms with E-state index >= 15 is 0 Å². The lowest BCUT2D eigenvalue weighted by Crippen LogP contribution is -2.30. The fraction of sp³-hybridized carbons (Fsp3) is 0.294. The molecule has 0 aliphatic carbocycles. The maximum absolute atomic E-state index is 12.5. The molecule has 0 spiro atoms. The highest BCUT2D eigenvalue weighted by Crippen LogP contribution is 2.25. The van der Waals surface area contributed by atoms with Crippen LogP contribution in [0.2, 0.25) is 0 Å². The molecule has 132 valence electrons. The summed E-state index contributed by atoms with van der Waals surface area (Å²) in [4.78, 5) is 28.7. The van der Waals surface area contributed by atoms with Gasteiger partial charge in [-0.1, -0.05) is 23.3 Å². The Kier molecular flexibility index (Phi) is 3.57. The fourth-order valence-corrected chi connectivity index (χ4v) is 4.79. The zero-order chi connectivity index (χ0) is 17.7. The van der Waals surface area contributed by atoms with Crippen LogP contribution in [0.1, 0.15) is 18.9 Å². The molecular weight excluding hydrogens is 352 g/mol. The van der Waals surface area contributed by atoms with Crippen LogP contribution in [-0.2, 0) is 11.2 Å². The molecule has 0 amide bonds. The van der Waals surface area contributed by atoms with Gasteiger partial charge in [0.05, 0.1) is 17.2 Å². The number of aromatic nitrogens is 6. The van der Waals surface area contributed by atoms with Crippen LogP contribution >= 0.6 is 0 Å². The number of hydrogen-bond acceptors (Lipinski definition) is 5. The summed E-state index contributed by atoms with van der Waals surface area (Å²) in [6, 6.07) is 7.76. The van der Waals surface area contributed by atoms with Crippen molar-refractivity contribution in [2.45, 2.75) is 18.9 Å². The van der Waals surface area contributed by atoms with Crippen LogP contribution in [0.5, 0.6) is 0 Å². The van der Waals surface area contributed by atoms with Crippen LogP contribution in [-0.4, -0.2) is 45.1 Å². The third-order valence-electron chi connectivity index (χ3n) is 4.84.